The second-order valence-electron chi connectivity index (χ2n) is 6.18. The number of anilines is 1. The molecule has 1 aliphatic rings. The van der Waals surface area contributed by atoms with Crippen LogP contribution in [0.15, 0.2) is 34.2 Å². The zero-order chi connectivity index (χ0) is 17.4. The Balaban J connectivity index is 1.45. The average Bonchev–Trinajstić information content (AvgIpc) is 3.22. The Hall–Kier alpha value is -1.93. The van der Waals surface area contributed by atoms with Crippen LogP contribution < -0.4 is 10.2 Å². The maximum Gasteiger partial charge on any atom is 0.270 e. The van der Waals surface area contributed by atoms with Crippen LogP contribution in [-0.2, 0) is 7.05 Å². The molecule has 0 unspecified atom stereocenters. The largest absolute Gasteiger partial charge is 0.348 e. The van der Waals surface area contributed by atoms with E-state index in [1.807, 2.05) is 36.8 Å². The quantitative estimate of drug-likeness (QED) is 0.707. The first-order chi connectivity index (χ1) is 12.1. The minimum Gasteiger partial charge on any atom is -0.348 e. The summed E-state index contributed by atoms with van der Waals surface area (Å²) in [7, 11) is 1.81. The van der Waals surface area contributed by atoms with Gasteiger partial charge in [0.2, 0.25) is 0 Å². The van der Waals surface area contributed by atoms with Crippen molar-refractivity contribution in [3.05, 3.63) is 39.9 Å². The number of hydrogen-bond donors (Lipinski definition) is 1. The molecule has 0 radical (unpaired) electrons. The third-order valence-corrected chi connectivity index (χ3v) is 5.86. The monoisotopic (exact) mass is 419 g/mol. The number of nitrogens with zero attached hydrogens (tertiary/aromatic N) is 4. The summed E-state index contributed by atoms with van der Waals surface area (Å²) in [5, 5.41) is 11.6. The van der Waals surface area contributed by atoms with E-state index < -0.39 is 0 Å². The molecule has 0 atom stereocenters. The fourth-order valence-corrected chi connectivity index (χ4v) is 4.33. The number of carbonyl (C=O) groups is 1. The van der Waals surface area contributed by atoms with Crippen molar-refractivity contribution in [2.75, 3.05) is 18.0 Å². The number of piperidine rings is 1. The Morgan fingerprint density at radius 2 is 2.16 bits per heavy atom. The first kappa shape index (κ1) is 16.5. The summed E-state index contributed by atoms with van der Waals surface area (Å²) in [6.45, 7) is 1.83. The summed E-state index contributed by atoms with van der Waals surface area (Å²) < 4.78 is 2.62. The maximum absolute atomic E-state index is 12.8. The first-order valence-electron chi connectivity index (χ1n) is 8.19. The normalized spacial score (nSPS) is 15.7. The van der Waals surface area contributed by atoms with E-state index in [0.717, 1.165) is 46.4 Å². The van der Waals surface area contributed by atoms with Gasteiger partial charge in [0.25, 0.3) is 5.91 Å². The third-order valence-electron chi connectivity index (χ3n) is 4.53. The summed E-state index contributed by atoms with van der Waals surface area (Å²) in [6.07, 6.45) is 3.68. The standard InChI is InChI=1S/C17H18BrN5OS/c1-22-15(13-3-2-11(18)10-14(13)21-22)16(24)20-12-4-7-23(8-5-12)17-19-6-9-25-17/h2-3,6,9-10,12H,4-5,7-8H2,1H3,(H,20,24). The molecular formula is C17H18BrN5OS. The smallest absolute Gasteiger partial charge is 0.270 e. The molecule has 1 aromatic carbocycles. The molecule has 2 aromatic heterocycles. The van der Waals surface area contributed by atoms with Crippen LogP contribution in [0.4, 0.5) is 5.13 Å². The van der Waals surface area contributed by atoms with Crippen molar-refractivity contribution in [2.24, 2.45) is 7.05 Å². The lowest BCUT2D eigenvalue weighted by Crippen LogP contribution is -2.45. The van der Waals surface area contributed by atoms with Crippen molar-refractivity contribution in [2.45, 2.75) is 18.9 Å². The van der Waals surface area contributed by atoms with E-state index in [4.69, 9.17) is 0 Å². The van der Waals surface area contributed by atoms with Crippen molar-refractivity contribution in [1.29, 1.82) is 0 Å². The fraction of sp³-hybridized carbons (Fsp3) is 0.353. The van der Waals surface area contributed by atoms with Gasteiger partial charge in [-0.3, -0.25) is 9.48 Å². The van der Waals surface area contributed by atoms with Gasteiger partial charge >= 0.3 is 0 Å². The molecule has 1 fully saturated rings. The van der Waals surface area contributed by atoms with Gasteiger partial charge in [0.1, 0.15) is 5.69 Å². The maximum atomic E-state index is 12.8. The van der Waals surface area contributed by atoms with Crippen molar-refractivity contribution >= 4 is 49.2 Å². The summed E-state index contributed by atoms with van der Waals surface area (Å²) in [6, 6.07) is 5.99. The van der Waals surface area contributed by atoms with Crippen LogP contribution in [0.1, 0.15) is 23.3 Å². The summed E-state index contributed by atoms with van der Waals surface area (Å²) >= 11 is 5.11. The zero-order valence-electron chi connectivity index (χ0n) is 13.8. The number of rotatable bonds is 3. The molecular weight excluding hydrogens is 402 g/mol. The molecule has 0 bridgehead atoms. The lowest BCUT2D eigenvalue weighted by atomic mass is 10.0. The number of aryl methyl sites for hydroxylation is 1. The average molecular weight is 420 g/mol. The van der Waals surface area contributed by atoms with E-state index in [-0.39, 0.29) is 11.9 Å². The summed E-state index contributed by atoms with van der Waals surface area (Å²) in [4.78, 5) is 19.4. The van der Waals surface area contributed by atoms with Gasteiger partial charge in [-0.1, -0.05) is 15.9 Å². The topological polar surface area (TPSA) is 63.1 Å². The van der Waals surface area contributed by atoms with Crippen LogP contribution in [0.3, 0.4) is 0 Å². The Bertz CT molecular complexity index is 899. The van der Waals surface area contributed by atoms with Crippen LogP contribution in [0.25, 0.3) is 10.9 Å². The Labute approximate surface area is 158 Å². The number of hydrogen-bond acceptors (Lipinski definition) is 5. The summed E-state index contributed by atoms with van der Waals surface area (Å²) in [5.74, 6) is -0.0555. The molecule has 8 heteroatoms. The highest BCUT2D eigenvalue weighted by Gasteiger charge is 2.24. The molecule has 0 spiro atoms. The zero-order valence-corrected chi connectivity index (χ0v) is 16.2. The number of nitrogens with one attached hydrogen (secondary N) is 1. The van der Waals surface area contributed by atoms with E-state index >= 15 is 0 Å². The highest BCUT2D eigenvalue weighted by molar-refractivity contribution is 9.10. The highest BCUT2D eigenvalue weighted by atomic mass is 79.9. The van der Waals surface area contributed by atoms with Gasteiger partial charge in [-0.05, 0) is 31.0 Å². The molecule has 1 N–H and O–H groups in total. The van der Waals surface area contributed by atoms with Crippen molar-refractivity contribution < 1.29 is 4.79 Å². The number of carbonyl (C=O) groups excluding carboxylic acids is 1. The number of thiazole rings is 1. The Morgan fingerprint density at radius 1 is 1.36 bits per heavy atom. The fourth-order valence-electron chi connectivity index (χ4n) is 3.28. The molecule has 6 nitrogen and oxygen atoms in total. The third kappa shape index (κ3) is 3.28. The molecule has 25 heavy (non-hydrogen) atoms. The molecule has 1 amide bonds. The van der Waals surface area contributed by atoms with Gasteiger partial charge in [0.15, 0.2) is 5.13 Å². The summed E-state index contributed by atoms with van der Waals surface area (Å²) in [5.41, 5.74) is 1.44. The predicted molar refractivity (Wildman–Crippen MR) is 103 cm³/mol. The second-order valence-corrected chi connectivity index (χ2v) is 7.97. The van der Waals surface area contributed by atoms with Crippen molar-refractivity contribution in [1.82, 2.24) is 20.1 Å². The predicted octanol–water partition coefficient (Wildman–Crippen LogP) is 3.19. The number of fused-ring (bicyclic) bond motifs is 1. The van der Waals surface area contributed by atoms with Gasteiger partial charge in [0.05, 0.1) is 5.52 Å². The molecule has 3 heterocycles. The number of benzene rings is 1. The second kappa shape index (κ2) is 6.76. The van der Waals surface area contributed by atoms with Crippen LogP contribution in [0, 0.1) is 0 Å². The van der Waals surface area contributed by atoms with E-state index in [1.54, 1.807) is 16.0 Å². The van der Waals surface area contributed by atoms with E-state index in [9.17, 15) is 4.79 Å². The van der Waals surface area contributed by atoms with Gasteiger partial charge in [-0.15, -0.1) is 11.3 Å². The Morgan fingerprint density at radius 3 is 2.88 bits per heavy atom. The van der Waals surface area contributed by atoms with Crippen LogP contribution in [-0.4, -0.2) is 39.8 Å². The lowest BCUT2D eigenvalue weighted by Gasteiger charge is -2.32. The van der Waals surface area contributed by atoms with E-state index in [0.29, 0.717) is 5.69 Å². The van der Waals surface area contributed by atoms with Gasteiger partial charge in [-0.25, -0.2) is 4.98 Å². The molecule has 3 aromatic rings. The molecule has 130 valence electrons. The van der Waals surface area contributed by atoms with Crippen LogP contribution >= 0.6 is 27.3 Å². The van der Waals surface area contributed by atoms with Gasteiger partial charge in [-0.2, -0.15) is 5.10 Å². The highest BCUT2D eigenvalue weighted by Crippen LogP contribution is 2.24. The first-order valence-corrected chi connectivity index (χ1v) is 9.86. The molecule has 0 aliphatic carbocycles. The minimum absolute atomic E-state index is 0.0555. The van der Waals surface area contributed by atoms with Gasteiger partial charge < -0.3 is 10.2 Å². The SMILES string of the molecule is Cn1nc2cc(Br)ccc2c1C(=O)NC1CCN(c2nccs2)CC1. The molecule has 4 rings (SSSR count). The minimum atomic E-state index is -0.0555. The van der Waals surface area contributed by atoms with Gasteiger partial charge in [0, 0.05) is 47.6 Å². The van der Waals surface area contributed by atoms with E-state index in [1.165, 1.54) is 0 Å². The number of halogens is 1. The van der Waals surface area contributed by atoms with Crippen molar-refractivity contribution in [3.8, 4) is 0 Å². The van der Waals surface area contributed by atoms with Crippen LogP contribution in [0.5, 0.6) is 0 Å². The molecule has 1 saturated heterocycles. The Kier molecular flexibility index (Phi) is 4.47. The van der Waals surface area contributed by atoms with Crippen LogP contribution in [0.2, 0.25) is 0 Å². The van der Waals surface area contributed by atoms with E-state index in [2.05, 4.69) is 36.2 Å². The number of amides is 1. The molecule has 0 saturated carbocycles. The molecule has 1 aliphatic heterocycles. The lowest BCUT2D eigenvalue weighted by molar-refractivity contribution is 0.0923. The van der Waals surface area contributed by atoms with Crippen molar-refractivity contribution in [3.63, 3.8) is 0 Å². The number of aromatic nitrogens is 3.